The van der Waals surface area contributed by atoms with E-state index >= 15 is 0 Å². The standard InChI is InChI=1S/2C10H16O7.2C3H7O.Zr/c2*1-3-16-8(13)6-10(15,5-7(11)12)9(14)17-4-2;2*1-2-3-4;/h2*15H,3-6H2,1-2H3,(H,11,12);2*2-3H2,1H3;/q;;2*-1;+4/p-2. The summed E-state index contributed by atoms with van der Waals surface area (Å²) in [6.45, 7) is 9.96. The molecule has 2 atom stereocenters. The second-order valence-electron chi connectivity index (χ2n) is 7.97. The van der Waals surface area contributed by atoms with Crippen LogP contribution < -0.4 is 20.4 Å². The second kappa shape index (κ2) is 31.0. The van der Waals surface area contributed by atoms with Gasteiger partial charge in [-0.2, -0.15) is 0 Å². The molecule has 0 aromatic carbocycles. The van der Waals surface area contributed by atoms with Gasteiger partial charge < -0.3 is 59.2 Å². The third-order valence-corrected chi connectivity index (χ3v) is 4.08. The van der Waals surface area contributed by atoms with Crippen molar-refractivity contribution >= 4 is 35.8 Å². The normalized spacial score (nSPS) is 12.1. The summed E-state index contributed by atoms with van der Waals surface area (Å²) in [6.07, 6.45) is -2.09. The smallest absolute Gasteiger partial charge is 0.854 e. The van der Waals surface area contributed by atoms with E-state index in [1.54, 1.807) is 13.8 Å². The van der Waals surface area contributed by atoms with Crippen molar-refractivity contribution < 1.29 is 105 Å². The largest absolute Gasteiger partial charge is 4.00 e. The third-order valence-electron chi connectivity index (χ3n) is 4.08. The van der Waals surface area contributed by atoms with Crippen molar-refractivity contribution in [3.8, 4) is 0 Å². The molecule has 0 aromatic rings. The van der Waals surface area contributed by atoms with Crippen LogP contribution in [0.2, 0.25) is 0 Å². The first-order chi connectivity index (χ1) is 19.5. The summed E-state index contributed by atoms with van der Waals surface area (Å²) in [5, 5.41) is 59.0. The summed E-state index contributed by atoms with van der Waals surface area (Å²) in [6, 6.07) is 0. The molecule has 0 saturated carbocycles. The Balaban J connectivity index is -0.000000175. The number of carbonyl (C=O) groups excluding carboxylic acids is 6. The Bertz CT molecular complexity index is 723. The van der Waals surface area contributed by atoms with Gasteiger partial charge in [0.05, 0.1) is 39.3 Å². The van der Waals surface area contributed by atoms with E-state index in [1.165, 1.54) is 13.8 Å². The van der Waals surface area contributed by atoms with Crippen LogP contribution in [-0.4, -0.2) is 96.9 Å². The molecular formula is C26H44O16Zr. The van der Waals surface area contributed by atoms with Crippen LogP contribution in [0.3, 0.4) is 0 Å². The van der Waals surface area contributed by atoms with E-state index in [4.69, 9.17) is 0 Å². The zero-order valence-electron chi connectivity index (χ0n) is 25.6. The zero-order chi connectivity index (χ0) is 33.8. The molecule has 43 heavy (non-hydrogen) atoms. The first kappa shape index (κ1) is 50.2. The monoisotopic (exact) mass is 702 g/mol. The predicted molar refractivity (Wildman–Crippen MR) is 135 cm³/mol. The number of carbonyl (C=O) groups is 6. The summed E-state index contributed by atoms with van der Waals surface area (Å²) in [4.78, 5) is 65.9. The van der Waals surface area contributed by atoms with Crippen molar-refractivity contribution in [3.05, 3.63) is 0 Å². The molecule has 0 aliphatic heterocycles. The molecule has 0 fully saturated rings. The molecule has 0 heterocycles. The molecule has 2 unspecified atom stereocenters. The number of rotatable bonds is 16. The van der Waals surface area contributed by atoms with Crippen LogP contribution in [0.5, 0.6) is 0 Å². The topological polar surface area (TPSA) is 272 Å². The first-order valence-corrected chi connectivity index (χ1v) is 13.2. The molecule has 0 radical (unpaired) electrons. The number of aliphatic carboxylic acids is 2. The number of esters is 4. The van der Waals surface area contributed by atoms with Gasteiger partial charge in [0, 0.05) is 24.8 Å². The number of hydrogen-bond donors (Lipinski definition) is 2. The maximum atomic E-state index is 11.4. The van der Waals surface area contributed by atoms with Gasteiger partial charge >= 0.3 is 50.1 Å². The molecule has 0 aromatic heterocycles. The van der Waals surface area contributed by atoms with Crippen LogP contribution in [0.1, 0.15) is 80.1 Å². The number of carboxylic acids is 2. The van der Waals surface area contributed by atoms with E-state index in [0.717, 1.165) is 12.8 Å². The van der Waals surface area contributed by atoms with E-state index < -0.39 is 72.7 Å². The predicted octanol–water partition coefficient (Wildman–Crippen LogP) is -3.74. The van der Waals surface area contributed by atoms with Gasteiger partial charge in [0.1, 0.15) is 0 Å². The van der Waals surface area contributed by atoms with Gasteiger partial charge in [0.2, 0.25) is 0 Å². The Morgan fingerprint density at radius 1 is 0.535 bits per heavy atom. The van der Waals surface area contributed by atoms with Crippen LogP contribution in [0.15, 0.2) is 0 Å². The summed E-state index contributed by atoms with van der Waals surface area (Å²) in [5.41, 5.74) is -4.89. The zero-order valence-corrected chi connectivity index (χ0v) is 28.1. The fourth-order valence-electron chi connectivity index (χ4n) is 2.32. The molecule has 248 valence electrons. The minimum atomic E-state index is -2.44. The maximum Gasteiger partial charge on any atom is 4.00 e. The molecule has 0 saturated heterocycles. The van der Waals surface area contributed by atoms with Gasteiger partial charge in [-0.25, -0.2) is 9.59 Å². The molecule has 17 heteroatoms. The molecule has 0 rings (SSSR count). The minimum Gasteiger partial charge on any atom is -0.854 e. The maximum absolute atomic E-state index is 11.4. The van der Waals surface area contributed by atoms with Crippen LogP contribution in [0.25, 0.3) is 0 Å². The Morgan fingerprint density at radius 3 is 0.930 bits per heavy atom. The van der Waals surface area contributed by atoms with Crippen LogP contribution >= 0.6 is 0 Å². The van der Waals surface area contributed by atoms with Gasteiger partial charge in [-0.1, -0.05) is 26.7 Å². The van der Waals surface area contributed by atoms with E-state index in [1.807, 2.05) is 13.8 Å². The summed E-state index contributed by atoms with van der Waals surface area (Å²) in [5.74, 6) is -7.46. The van der Waals surface area contributed by atoms with Gasteiger partial charge in [-0.15, -0.1) is 13.2 Å². The molecular weight excluding hydrogens is 659 g/mol. The SMILES string of the molecule is CCC[O-].CCC[O-].CCOC(=O)CC(O)(CC(=O)[O-])C(=O)OCC.CCOC(=O)CC(O)(CC(=O)[O-])C(=O)OCC.[Zr+4]. The van der Waals surface area contributed by atoms with Crippen LogP contribution in [0.4, 0.5) is 0 Å². The Hall–Kier alpha value is -2.46. The fraction of sp³-hybridized carbons (Fsp3) is 0.769. The number of carboxylic acid groups (broad SMARTS) is 2. The molecule has 0 aliphatic rings. The Labute approximate surface area is 270 Å². The quantitative estimate of drug-likeness (QED) is 0.115. The van der Waals surface area contributed by atoms with Crippen molar-refractivity contribution in [1.82, 2.24) is 0 Å². The average Bonchev–Trinajstić information content (AvgIpc) is 2.88. The molecule has 2 N–H and O–H groups in total. The Morgan fingerprint density at radius 2 is 0.767 bits per heavy atom. The average molecular weight is 704 g/mol. The van der Waals surface area contributed by atoms with Crippen molar-refractivity contribution in [2.24, 2.45) is 0 Å². The molecule has 16 nitrogen and oxygen atoms in total. The summed E-state index contributed by atoms with van der Waals surface area (Å²) in [7, 11) is 0. The van der Waals surface area contributed by atoms with Gasteiger partial charge in [0.15, 0.2) is 11.2 Å². The molecule has 0 amide bonds. The fourth-order valence-corrected chi connectivity index (χ4v) is 2.32. The van der Waals surface area contributed by atoms with E-state index in [2.05, 4.69) is 18.9 Å². The Kier molecular flexibility index (Phi) is 36.2. The van der Waals surface area contributed by atoms with E-state index in [-0.39, 0.29) is 65.8 Å². The van der Waals surface area contributed by atoms with E-state index in [9.17, 15) is 59.4 Å². The molecule has 0 aliphatic carbocycles. The van der Waals surface area contributed by atoms with Crippen molar-refractivity contribution in [3.63, 3.8) is 0 Å². The van der Waals surface area contributed by atoms with Gasteiger partial charge in [0.25, 0.3) is 0 Å². The number of aliphatic hydroxyl groups is 2. The summed E-state index contributed by atoms with van der Waals surface area (Å²) < 4.78 is 18.1. The number of hydrogen-bond acceptors (Lipinski definition) is 16. The van der Waals surface area contributed by atoms with Crippen molar-refractivity contribution in [1.29, 1.82) is 0 Å². The third kappa shape index (κ3) is 29.4. The van der Waals surface area contributed by atoms with E-state index in [0.29, 0.717) is 0 Å². The van der Waals surface area contributed by atoms with Crippen LogP contribution in [-0.2, 0) is 73.9 Å². The van der Waals surface area contributed by atoms with Crippen LogP contribution in [0, 0.1) is 0 Å². The van der Waals surface area contributed by atoms with Gasteiger partial charge in [-0.3, -0.25) is 9.59 Å². The first-order valence-electron chi connectivity index (χ1n) is 13.2. The number of ether oxygens (including phenoxy) is 4. The molecule has 0 spiro atoms. The van der Waals surface area contributed by atoms with Crippen molar-refractivity contribution in [2.45, 2.75) is 91.3 Å². The van der Waals surface area contributed by atoms with Crippen molar-refractivity contribution in [2.75, 3.05) is 39.6 Å². The molecule has 0 bridgehead atoms. The summed E-state index contributed by atoms with van der Waals surface area (Å²) >= 11 is 0. The van der Waals surface area contributed by atoms with Gasteiger partial charge in [-0.05, 0) is 27.7 Å². The minimum absolute atomic E-state index is 0. The second-order valence-corrected chi connectivity index (χ2v) is 7.97.